The van der Waals surface area contributed by atoms with Gasteiger partial charge in [0.05, 0.1) is 11.2 Å². The Morgan fingerprint density at radius 2 is 1.94 bits per heavy atom. The van der Waals surface area contributed by atoms with Crippen molar-refractivity contribution in [3.8, 4) is 17.2 Å². The average Bonchev–Trinajstić information content (AvgIpc) is 3.32. The van der Waals surface area contributed by atoms with E-state index in [1.54, 1.807) is 6.20 Å². The predicted molar refractivity (Wildman–Crippen MR) is 121 cm³/mol. The van der Waals surface area contributed by atoms with Crippen LogP contribution in [0.1, 0.15) is 22.3 Å². The van der Waals surface area contributed by atoms with Crippen molar-refractivity contribution in [2.24, 2.45) is 0 Å². The SMILES string of the molecule is Cc1nc(-c2ccccc2)oc1COc1ccc2cc(C3SC(=O)N(C)C3=O)cnc2c1. The number of pyridine rings is 1. The zero-order valence-corrected chi connectivity index (χ0v) is 18.3. The molecule has 2 aromatic heterocycles. The van der Waals surface area contributed by atoms with E-state index >= 15 is 0 Å². The average molecular weight is 446 g/mol. The van der Waals surface area contributed by atoms with Crippen molar-refractivity contribution in [1.29, 1.82) is 0 Å². The third-order valence-electron chi connectivity index (χ3n) is 5.31. The Labute approximate surface area is 188 Å². The molecule has 2 aromatic carbocycles. The van der Waals surface area contributed by atoms with Gasteiger partial charge in [0.1, 0.15) is 17.6 Å². The molecule has 0 N–H and O–H groups in total. The van der Waals surface area contributed by atoms with Crippen molar-refractivity contribution >= 4 is 33.8 Å². The summed E-state index contributed by atoms with van der Waals surface area (Å²) in [5, 5.41) is 0.0722. The molecule has 1 unspecified atom stereocenters. The number of aryl methyl sites for hydroxylation is 1. The van der Waals surface area contributed by atoms with Crippen molar-refractivity contribution in [3.63, 3.8) is 0 Å². The van der Waals surface area contributed by atoms with Crippen LogP contribution in [0, 0.1) is 6.92 Å². The highest BCUT2D eigenvalue weighted by Crippen LogP contribution is 2.39. The molecule has 1 aliphatic heterocycles. The minimum Gasteiger partial charge on any atom is -0.486 e. The molecule has 0 bridgehead atoms. The normalized spacial score (nSPS) is 16.2. The first-order chi connectivity index (χ1) is 15.5. The van der Waals surface area contributed by atoms with Crippen LogP contribution in [-0.4, -0.2) is 33.1 Å². The minimum atomic E-state index is -0.548. The molecule has 0 radical (unpaired) electrons. The maximum atomic E-state index is 12.3. The Bertz CT molecular complexity index is 1340. The molecule has 32 heavy (non-hydrogen) atoms. The molecular weight excluding hydrogens is 426 g/mol. The first-order valence-electron chi connectivity index (χ1n) is 10.0. The second-order valence-corrected chi connectivity index (χ2v) is 8.52. The van der Waals surface area contributed by atoms with E-state index in [1.807, 2.05) is 61.5 Å². The van der Waals surface area contributed by atoms with Crippen LogP contribution in [0.25, 0.3) is 22.4 Å². The van der Waals surface area contributed by atoms with Crippen LogP contribution in [0.2, 0.25) is 0 Å². The number of nitrogens with zero attached hydrogens (tertiary/aromatic N) is 3. The number of hydrogen-bond donors (Lipinski definition) is 0. The van der Waals surface area contributed by atoms with Gasteiger partial charge in [-0.05, 0) is 54.6 Å². The fraction of sp³-hybridized carbons (Fsp3) is 0.167. The lowest BCUT2D eigenvalue weighted by atomic mass is 10.1. The van der Waals surface area contributed by atoms with Crippen LogP contribution in [0.3, 0.4) is 0 Å². The first-order valence-corrected chi connectivity index (χ1v) is 10.9. The number of aromatic nitrogens is 2. The summed E-state index contributed by atoms with van der Waals surface area (Å²) in [6, 6.07) is 17.2. The van der Waals surface area contributed by atoms with E-state index in [9.17, 15) is 9.59 Å². The molecule has 5 rings (SSSR count). The van der Waals surface area contributed by atoms with E-state index in [4.69, 9.17) is 9.15 Å². The number of carbonyl (C=O) groups excluding carboxylic acids is 2. The zero-order valence-electron chi connectivity index (χ0n) is 17.4. The highest BCUT2D eigenvalue weighted by Gasteiger charge is 2.38. The molecule has 8 heteroatoms. The molecule has 1 atom stereocenters. The van der Waals surface area contributed by atoms with Crippen molar-refractivity contribution in [2.75, 3.05) is 7.05 Å². The van der Waals surface area contributed by atoms with Crippen molar-refractivity contribution in [1.82, 2.24) is 14.9 Å². The second-order valence-electron chi connectivity index (χ2n) is 7.47. The highest BCUT2D eigenvalue weighted by molar-refractivity contribution is 8.14. The molecule has 3 heterocycles. The Hall–Kier alpha value is -3.65. The summed E-state index contributed by atoms with van der Waals surface area (Å²) < 4.78 is 11.8. The van der Waals surface area contributed by atoms with Gasteiger partial charge >= 0.3 is 0 Å². The van der Waals surface area contributed by atoms with Gasteiger partial charge in [-0.15, -0.1) is 0 Å². The number of oxazole rings is 1. The smallest absolute Gasteiger partial charge is 0.289 e. The number of rotatable bonds is 5. The summed E-state index contributed by atoms with van der Waals surface area (Å²) >= 11 is 1.01. The van der Waals surface area contributed by atoms with Crippen LogP contribution in [0.5, 0.6) is 5.75 Å². The van der Waals surface area contributed by atoms with Crippen molar-refractivity contribution in [3.05, 3.63) is 77.8 Å². The van der Waals surface area contributed by atoms with E-state index in [-0.39, 0.29) is 17.8 Å². The number of amides is 2. The topological polar surface area (TPSA) is 85.5 Å². The fourth-order valence-electron chi connectivity index (χ4n) is 3.47. The van der Waals surface area contributed by atoms with Gasteiger partial charge in [-0.3, -0.25) is 19.5 Å². The zero-order chi connectivity index (χ0) is 22.2. The van der Waals surface area contributed by atoms with E-state index in [0.717, 1.165) is 38.8 Å². The van der Waals surface area contributed by atoms with E-state index < -0.39 is 5.25 Å². The molecule has 1 aliphatic rings. The number of likely N-dealkylation sites (N-methyl/N-ethyl adjacent to an activating group) is 1. The number of fused-ring (bicyclic) bond motifs is 1. The molecule has 2 amide bonds. The largest absolute Gasteiger partial charge is 0.486 e. The molecule has 1 fully saturated rings. The van der Waals surface area contributed by atoms with Crippen LogP contribution in [0.15, 0.2) is 65.2 Å². The number of hydrogen-bond acceptors (Lipinski definition) is 7. The summed E-state index contributed by atoms with van der Waals surface area (Å²) in [6.45, 7) is 2.14. The molecule has 160 valence electrons. The number of ether oxygens (including phenoxy) is 1. The van der Waals surface area contributed by atoms with Crippen LogP contribution in [-0.2, 0) is 11.4 Å². The third kappa shape index (κ3) is 3.73. The maximum Gasteiger partial charge on any atom is 0.289 e. The van der Waals surface area contributed by atoms with Crippen LogP contribution >= 0.6 is 11.8 Å². The van der Waals surface area contributed by atoms with Gasteiger partial charge in [0, 0.05) is 30.3 Å². The quantitative estimate of drug-likeness (QED) is 0.420. The second kappa shape index (κ2) is 8.12. The first kappa shape index (κ1) is 20.3. The standard InChI is InChI=1S/C24H19N3O4S/c1-14-20(31-22(26-14)15-6-4-3-5-7-15)13-30-18-9-8-16-10-17(12-25-19(16)11-18)21-23(28)27(2)24(29)32-21/h3-12,21H,13H2,1-2H3. The summed E-state index contributed by atoms with van der Waals surface area (Å²) in [5.74, 6) is 1.66. The van der Waals surface area contributed by atoms with Gasteiger partial charge < -0.3 is 9.15 Å². The van der Waals surface area contributed by atoms with Gasteiger partial charge in [0.2, 0.25) is 11.8 Å². The molecule has 0 aliphatic carbocycles. The van der Waals surface area contributed by atoms with Crippen molar-refractivity contribution in [2.45, 2.75) is 18.8 Å². The Morgan fingerprint density at radius 1 is 1.12 bits per heavy atom. The Kier molecular flexibility index (Phi) is 5.14. The number of benzene rings is 2. The third-order valence-corrected chi connectivity index (χ3v) is 6.50. The lowest BCUT2D eigenvalue weighted by Crippen LogP contribution is -2.24. The lowest BCUT2D eigenvalue weighted by molar-refractivity contribution is -0.125. The molecule has 0 saturated carbocycles. The van der Waals surface area contributed by atoms with Crippen molar-refractivity contribution < 1.29 is 18.7 Å². The predicted octanol–water partition coefficient (Wildman–Crippen LogP) is 5.14. The molecule has 1 saturated heterocycles. The Morgan fingerprint density at radius 3 is 2.69 bits per heavy atom. The molecule has 0 spiro atoms. The van der Waals surface area contributed by atoms with Gasteiger partial charge in [-0.2, -0.15) is 0 Å². The Balaban J connectivity index is 1.32. The molecule has 7 nitrogen and oxygen atoms in total. The maximum absolute atomic E-state index is 12.3. The van der Waals surface area contributed by atoms with Crippen LogP contribution < -0.4 is 4.74 Å². The van der Waals surface area contributed by atoms with E-state index in [0.29, 0.717) is 23.0 Å². The van der Waals surface area contributed by atoms with Crippen LogP contribution in [0.4, 0.5) is 4.79 Å². The van der Waals surface area contributed by atoms with Gasteiger partial charge in [-0.25, -0.2) is 4.98 Å². The monoisotopic (exact) mass is 445 g/mol. The molecule has 4 aromatic rings. The molecular formula is C24H19N3O4S. The highest BCUT2D eigenvalue weighted by atomic mass is 32.2. The summed E-state index contributed by atoms with van der Waals surface area (Å²) in [6.07, 6.45) is 1.64. The van der Waals surface area contributed by atoms with Gasteiger partial charge in [0.25, 0.3) is 5.24 Å². The number of imide groups is 1. The number of carbonyl (C=O) groups is 2. The lowest BCUT2D eigenvalue weighted by Gasteiger charge is -2.10. The van der Waals surface area contributed by atoms with Gasteiger partial charge in [0.15, 0.2) is 5.76 Å². The van der Waals surface area contributed by atoms with Gasteiger partial charge in [-0.1, -0.05) is 18.2 Å². The summed E-state index contributed by atoms with van der Waals surface area (Å²) in [4.78, 5) is 34.2. The van der Waals surface area contributed by atoms with E-state index in [2.05, 4.69) is 9.97 Å². The fourth-order valence-corrected chi connectivity index (χ4v) is 4.45. The van der Waals surface area contributed by atoms with E-state index in [1.165, 1.54) is 7.05 Å². The number of thioether (sulfide) groups is 1. The summed E-state index contributed by atoms with van der Waals surface area (Å²) in [5.41, 5.74) is 3.15. The minimum absolute atomic E-state index is 0.224. The summed E-state index contributed by atoms with van der Waals surface area (Å²) in [7, 11) is 1.49.